The molecule has 2 atom stereocenters. The van der Waals surface area contributed by atoms with Crippen LogP contribution >= 0.6 is 11.6 Å². The van der Waals surface area contributed by atoms with Crippen molar-refractivity contribution in [2.75, 3.05) is 13.2 Å². The van der Waals surface area contributed by atoms with Crippen molar-refractivity contribution in [2.45, 2.75) is 45.0 Å². The summed E-state index contributed by atoms with van der Waals surface area (Å²) in [5.74, 6) is 1.51. The van der Waals surface area contributed by atoms with Crippen LogP contribution in [0.2, 0.25) is 0 Å². The van der Waals surface area contributed by atoms with Gasteiger partial charge < -0.3 is 9.30 Å². The van der Waals surface area contributed by atoms with Crippen LogP contribution in [-0.2, 0) is 4.74 Å². The molecule has 2 unspecified atom stereocenters. The van der Waals surface area contributed by atoms with Gasteiger partial charge in [0.1, 0.15) is 11.3 Å². The highest BCUT2D eigenvalue weighted by molar-refractivity contribution is 6.20. The highest BCUT2D eigenvalue weighted by Crippen LogP contribution is 2.34. The van der Waals surface area contributed by atoms with Crippen LogP contribution < -0.4 is 0 Å². The molecular weight excluding hydrogens is 286 g/mol. The second-order valence-electron chi connectivity index (χ2n) is 5.94. The largest absolute Gasteiger partial charge is 0.381 e. The van der Waals surface area contributed by atoms with Gasteiger partial charge in [-0.05, 0) is 51.7 Å². The Kier molecular flexibility index (Phi) is 4.18. The molecule has 0 spiro atoms. The number of aryl methyl sites for hydroxylation is 1. The first-order valence-electron chi connectivity index (χ1n) is 7.65. The monoisotopic (exact) mass is 307 g/mol. The molecule has 1 aliphatic heterocycles. The fourth-order valence-electron chi connectivity index (χ4n) is 3.18. The van der Waals surface area contributed by atoms with Crippen molar-refractivity contribution in [1.82, 2.24) is 14.5 Å². The van der Waals surface area contributed by atoms with Crippen molar-refractivity contribution in [3.05, 3.63) is 23.7 Å². The maximum atomic E-state index is 6.37. The number of hydrogen-bond acceptors (Lipinski definition) is 3. The number of hydrogen-bond donors (Lipinski definition) is 0. The molecule has 1 fully saturated rings. The van der Waals surface area contributed by atoms with Crippen molar-refractivity contribution in [2.24, 2.45) is 5.92 Å². The molecule has 5 heteroatoms. The molecule has 0 aromatic carbocycles. The SMILES string of the molecule is Cc1ccc2nc(C(C)Cl)n(C(C)C3CCOCC3)c2n1. The Bertz CT molecular complexity index is 632. The van der Waals surface area contributed by atoms with Crippen molar-refractivity contribution >= 4 is 22.8 Å². The van der Waals surface area contributed by atoms with Crippen LogP contribution in [-0.4, -0.2) is 27.7 Å². The maximum absolute atomic E-state index is 6.37. The highest BCUT2D eigenvalue weighted by atomic mass is 35.5. The summed E-state index contributed by atoms with van der Waals surface area (Å²) in [5.41, 5.74) is 2.90. The smallest absolute Gasteiger partial charge is 0.160 e. The van der Waals surface area contributed by atoms with Crippen LogP contribution in [0.3, 0.4) is 0 Å². The van der Waals surface area contributed by atoms with E-state index in [0.717, 1.165) is 48.7 Å². The number of halogens is 1. The molecular formula is C16H22ClN3O. The lowest BCUT2D eigenvalue weighted by atomic mass is 9.92. The molecule has 2 aromatic heterocycles. The van der Waals surface area contributed by atoms with Gasteiger partial charge in [-0.25, -0.2) is 9.97 Å². The van der Waals surface area contributed by atoms with E-state index in [-0.39, 0.29) is 5.38 Å². The number of pyridine rings is 1. The van der Waals surface area contributed by atoms with Gasteiger partial charge in [-0.3, -0.25) is 0 Å². The average Bonchev–Trinajstić information content (AvgIpc) is 2.86. The van der Waals surface area contributed by atoms with E-state index in [1.165, 1.54) is 0 Å². The molecule has 3 rings (SSSR count). The van der Waals surface area contributed by atoms with E-state index in [1.54, 1.807) is 0 Å². The standard InChI is InChI=1S/C16H22ClN3O/c1-10-4-5-14-16(18-10)20(15(19-14)11(2)17)12(3)13-6-8-21-9-7-13/h4-5,11-13H,6-9H2,1-3H3. The third-order valence-electron chi connectivity index (χ3n) is 4.42. The summed E-state index contributed by atoms with van der Waals surface area (Å²) in [6.45, 7) is 7.94. The second-order valence-corrected chi connectivity index (χ2v) is 6.60. The topological polar surface area (TPSA) is 39.9 Å². The third-order valence-corrected chi connectivity index (χ3v) is 4.61. The van der Waals surface area contributed by atoms with Crippen LogP contribution in [0.1, 0.15) is 49.6 Å². The zero-order valence-corrected chi connectivity index (χ0v) is 13.6. The Morgan fingerprint density at radius 1 is 1.24 bits per heavy atom. The summed E-state index contributed by atoms with van der Waals surface area (Å²) in [7, 11) is 0. The zero-order valence-electron chi connectivity index (χ0n) is 12.8. The Hall–Kier alpha value is -1.13. The van der Waals surface area contributed by atoms with Gasteiger partial charge in [0.25, 0.3) is 0 Å². The minimum Gasteiger partial charge on any atom is -0.381 e. The molecule has 0 bridgehead atoms. The summed E-state index contributed by atoms with van der Waals surface area (Å²) in [6.07, 6.45) is 2.17. The van der Waals surface area contributed by atoms with Crippen molar-refractivity contribution in [1.29, 1.82) is 0 Å². The average molecular weight is 308 g/mol. The summed E-state index contributed by atoms with van der Waals surface area (Å²) < 4.78 is 7.73. The van der Waals surface area contributed by atoms with Gasteiger partial charge in [-0.2, -0.15) is 0 Å². The predicted molar refractivity (Wildman–Crippen MR) is 84.8 cm³/mol. The van der Waals surface area contributed by atoms with Gasteiger partial charge in [0.05, 0.1) is 5.38 Å². The van der Waals surface area contributed by atoms with Crippen molar-refractivity contribution in [3.63, 3.8) is 0 Å². The predicted octanol–water partition coefficient (Wildman–Crippen LogP) is 4.03. The fourth-order valence-corrected chi connectivity index (χ4v) is 3.33. The lowest BCUT2D eigenvalue weighted by Crippen LogP contribution is -2.25. The number of ether oxygens (including phenoxy) is 1. The zero-order chi connectivity index (χ0) is 15.0. The molecule has 2 aromatic rings. The van der Waals surface area contributed by atoms with Gasteiger partial charge in [-0.15, -0.1) is 11.6 Å². The Balaban J connectivity index is 2.09. The van der Waals surface area contributed by atoms with E-state index >= 15 is 0 Å². The van der Waals surface area contributed by atoms with Crippen molar-refractivity contribution in [3.8, 4) is 0 Å². The number of fused-ring (bicyclic) bond motifs is 1. The number of nitrogens with zero attached hydrogens (tertiary/aromatic N) is 3. The van der Waals surface area contributed by atoms with Gasteiger partial charge in [0.2, 0.25) is 0 Å². The number of alkyl halides is 1. The Morgan fingerprint density at radius 2 is 1.95 bits per heavy atom. The van der Waals surface area contributed by atoms with Crippen molar-refractivity contribution < 1.29 is 4.74 Å². The summed E-state index contributed by atoms with van der Waals surface area (Å²) in [4.78, 5) is 9.41. The molecule has 1 aliphatic rings. The first-order chi connectivity index (χ1) is 10.1. The highest BCUT2D eigenvalue weighted by Gasteiger charge is 2.27. The van der Waals surface area contributed by atoms with Crippen LogP contribution in [0.25, 0.3) is 11.2 Å². The van der Waals surface area contributed by atoms with Crippen LogP contribution in [0.15, 0.2) is 12.1 Å². The van der Waals surface area contributed by atoms with E-state index in [1.807, 2.05) is 26.0 Å². The Labute approximate surface area is 130 Å². The minimum atomic E-state index is -0.123. The molecule has 3 heterocycles. The van der Waals surface area contributed by atoms with E-state index in [4.69, 9.17) is 26.3 Å². The lowest BCUT2D eigenvalue weighted by molar-refractivity contribution is 0.0514. The molecule has 0 radical (unpaired) electrons. The summed E-state index contributed by atoms with van der Waals surface area (Å²) in [6, 6.07) is 4.37. The third kappa shape index (κ3) is 2.79. The summed E-state index contributed by atoms with van der Waals surface area (Å²) in [5, 5.41) is -0.123. The van der Waals surface area contributed by atoms with Gasteiger partial charge in [0.15, 0.2) is 5.65 Å². The number of imidazole rings is 1. The molecule has 4 nitrogen and oxygen atoms in total. The first-order valence-corrected chi connectivity index (χ1v) is 8.09. The van der Waals surface area contributed by atoms with Gasteiger partial charge in [0, 0.05) is 24.9 Å². The molecule has 0 N–H and O–H groups in total. The molecule has 114 valence electrons. The minimum absolute atomic E-state index is 0.123. The van der Waals surface area contributed by atoms with E-state index in [9.17, 15) is 0 Å². The molecule has 0 saturated carbocycles. The first kappa shape index (κ1) is 14.8. The molecule has 0 aliphatic carbocycles. The Morgan fingerprint density at radius 3 is 2.62 bits per heavy atom. The second kappa shape index (κ2) is 5.93. The van der Waals surface area contributed by atoms with Gasteiger partial charge in [-0.1, -0.05) is 0 Å². The van der Waals surface area contributed by atoms with Gasteiger partial charge >= 0.3 is 0 Å². The number of rotatable bonds is 3. The lowest BCUT2D eigenvalue weighted by Gasteiger charge is -2.30. The quantitative estimate of drug-likeness (QED) is 0.804. The van der Waals surface area contributed by atoms with E-state index < -0.39 is 0 Å². The van der Waals surface area contributed by atoms with E-state index in [0.29, 0.717) is 12.0 Å². The van der Waals surface area contributed by atoms with Crippen LogP contribution in [0.5, 0.6) is 0 Å². The fraction of sp³-hybridized carbons (Fsp3) is 0.625. The molecule has 0 amide bonds. The van der Waals surface area contributed by atoms with Crippen LogP contribution in [0.4, 0.5) is 0 Å². The normalized spacial score (nSPS) is 19.8. The number of aromatic nitrogens is 3. The maximum Gasteiger partial charge on any atom is 0.160 e. The van der Waals surface area contributed by atoms with E-state index in [2.05, 4.69) is 11.5 Å². The molecule has 21 heavy (non-hydrogen) atoms. The summed E-state index contributed by atoms with van der Waals surface area (Å²) >= 11 is 6.37. The van der Waals surface area contributed by atoms with Crippen LogP contribution in [0, 0.1) is 12.8 Å². The molecule has 1 saturated heterocycles.